The standard InChI is InChI=1S/C9H8F4O.C2H6/c1-6-2-3-7(4-8(6)10)14-5-9(11,12)13;1-2/h2-4H,5H2,1H3;1-2H3. The Kier molecular flexibility index (Phi) is 5.85. The molecule has 0 aliphatic heterocycles. The largest absolute Gasteiger partial charge is 0.484 e. The molecule has 0 saturated heterocycles. The molecule has 1 nitrogen and oxygen atoms in total. The summed E-state index contributed by atoms with van der Waals surface area (Å²) in [7, 11) is 0. The Morgan fingerprint density at radius 3 is 2.19 bits per heavy atom. The first-order valence-electron chi connectivity index (χ1n) is 4.84. The van der Waals surface area contributed by atoms with Crippen molar-refractivity contribution in [2.75, 3.05) is 6.61 Å². The summed E-state index contributed by atoms with van der Waals surface area (Å²) in [6.07, 6.45) is -4.40. The van der Waals surface area contributed by atoms with E-state index in [9.17, 15) is 17.6 Å². The highest BCUT2D eigenvalue weighted by molar-refractivity contribution is 5.27. The third-order valence-electron chi connectivity index (χ3n) is 1.55. The highest BCUT2D eigenvalue weighted by Crippen LogP contribution is 2.20. The van der Waals surface area contributed by atoms with Gasteiger partial charge in [-0.3, -0.25) is 0 Å². The number of hydrogen-bond acceptors (Lipinski definition) is 1. The average molecular weight is 238 g/mol. The molecule has 0 saturated carbocycles. The number of aryl methyl sites for hydroxylation is 1. The number of hydrogen-bond donors (Lipinski definition) is 0. The van der Waals surface area contributed by atoms with Crippen molar-refractivity contribution in [2.24, 2.45) is 0 Å². The van der Waals surface area contributed by atoms with Crippen molar-refractivity contribution < 1.29 is 22.3 Å². The molecule has 0 atom stereocenters. The molecule has 0 heterocycles. The van der Waals surface area contributed by atoms with Gasteiger partial charge in [-0.2, -0.15) is 13.2 Å². The molecule has 0 fully saturated rings. The van der Waals surface area contributed by atoms with Gasteiger partial charge in [-0.25, -0.2) is 4.39 Å². The van der Waals surface area contributed by atoms with Crippen LogP contribution >= 0.6 is 0 Å². The summed E-state index contributed by atoms with van der Waals surface area (Å²) in [6.45, 7) is 4.11. The molecule has 0 aliphatic carbocycles. The maximum Gasteiger partial charge on any atom is 0.422 e. The zero-order valence-electron chi connectivity index (χ0n) is 9.36. The van der Waals surface area contributed by atoms with Crippen LogP contribution in [0, 0.1) is 12.7 Å². The number of benzene rings is 1. The monoisotopic (exact) mass is 238 g/mol. The van der Waals surface area contributed by atoms with Gasteiger partial charge in [0.15, 0.2) is 6.61 Å². The lowest BCUT2D eigenvalue weighted by atomic mass is 10.2. The van der Waals surface area contributed by atoms with Gasteiger partial charge in [-0.15, -0.1) is 0 Å². The summed E-state index contributed by atoms with van der Waals surface area (Å²) in [5.74, 6) is -0.699. The summed E-state index contributed by atoms with van der Waals surface area (Å²) >= 11 is 0. The van der Waals surface area contributed by atoms with Crippen LogP contribution in [0.15, 0.2) is 18.2 Å². The van der Waals surface area contributed by atoms with Gasteiger partial charge in [0.25, 0.3) is 0 Å². The van der Waals surface area contributed by atoms with E-state index in [0.717, 1.165) is 6.07 Å². The highest BCUT2D eigenvalue weighted by Gasteiger charge is 2.28. The van der Waals surface area contributed by atoms with E-state index in [0.29, 0.717) is 5.56 Å². The molecule has 1 aromatic carbocycles. The van der Waals surface area contributed by atoms with E-state index in [2.05, 4.69) is 4.74 Å². The number of alkyl halides is 3. The number of halogens is 4. The van der Waals surface area contributed by atoms with Crippen LogP contribution in [0.4, 0.5) is 17.6 Å². The van der Waals surface area contributed by atoms with Gasteiger partial charge < -0.3 is 4.74 Å². The molecule has 0 bridgehead atoms. The summed E-state index contributed by atoms with van der Waals surface area (Å²) in [4.78, 5) is 0. The minimum atomic E-state index is -4.40. The number of rotatable bonds is 2. The van der Waals surface area contributed by atoms with E-state index >= 15 is 0 Å². The first kappa shape index (κ1) is 14.7. The third-order valence-corrected chi connectivity index (χ3v) is 1.55. The SMILES string of the molecule is CC.Cc1ccc(OCC(F)(F)F)cc1F. The molecule has 0 spiro atoms. The maximum absolute atomic E-state index is 12.8. The second-order valence-corrected chi connectivity index (χ2v) is 2.81. The van der Waals surface area contributed by atoms with Crippen LogP contribution in [0.2, 0.25) is 0 Å². The minimum absolute atomic E-state index is 0.120. The van der Waals surface area contributed by atoms with Crippen LogP contribution in [0.25, 0.3) is 0 Å². The molecule has 92 valence electrons. The van der Waals surface area contributed by atoms with Crippen molar-refractivity contribution in [3.05, 3.63) is 29.6 Å². The van der Waals surface area contributed by atoms with E-state index < -0.39 is 18.6 Å². The average Bonchev–Trinajstić information content (AvgIpc) is 2.22. The van der Waals surface area contributed by atoms with E-state index in [-0.39, 0.29) is 5.75 Å². The van der Waals surface area contributed by atoms with Crippen LogP contribution in [0.3, 0.4) is 0 Å². The van der Waals surface area contributed by atoms with E-state index in [1.54, 1.807) is 0 Å². The Labute approximate surface area is 92.0 Å². The fraction of sp³-hybridized carbons (Fsp3) is 0.455. The van der Waals surface area contributed by atoms with Gasteiger partial charge >= 0.3 is 6.18 Å². The predicted molar refractivity (Wildman–Crippen MR) is 54.0 cm³/mol. The normalized spacial score (nSPS) is 10.4. The molecular formula is C11H14F4O. The molecule has 0 N–H and O–H groups in total. The van der Waals surface area contributed by atoms with Gasteiger partial charge in [-0.1, -0.05) is 19.9 Å². The Morgan fingerprint density at radius 1 is 1.19 bits per heavy atom. The molecule has 0 unspecified atom stereocenters. The van der Waals surface area contributed by atoms with E-state index in [4.69, 9.17) is 0 Å². The molecule has 5 heteroatoms. The van der Waals surface area contributed by atoms with Crippen molar-refractivity contribution in [1.82, 2.24) is 0 Å². The van der Waals surface area contributed by atoms with Crippen molar-refractivity contribution >= 4 is 0 Å². The third kappa shape index (κ3) is 5.58. The summed E-state index contributed by atoms with van der Waals surface area (Å²) in [5.41, 5.74) is 0.365. The Bertz CT molecular complexity index is 320. The summed E-state index contributed by atoms with van der Waals surface area (Å²) in [5, 5.41) is 0. The lowest BCUT2D eigenvalue weighted by Crippen LogP contribution is -2.19. The van der Waals surface area contributed by atoms with Gasteiger partial charge in [0.1, 0.15) is 11.6 Å². The Morgan fingerprint density at radius 2 is 1.75 bits per heavy atom. The molecule has 0 aliphatic rings. The zero-order valence-corrected chi connectivity index (χ0v) is 9.36. The molecular weight excluding hydrogens is 224 g/mol. The fourth-order valence-electron chi connectivity index (χ4n) is 0.829. The second kappa shape index (κ2) is 6.35. The minimum Gasteiger partial charge on any atom is -0.484 e. The predicted octanol–water partition coefficient (Wildman–Crippen LogP) is 4.10. The topological polar surface area (TPSA) is 9.23 Å². The van der Waals surface area contributed by atoms with Crippen LogP contribution in [-0.2, 0) is 0 Å². The van der Waals surface area contributed by atoms with Crippen LogP contribution in [0.5, 0.6) is 5.75 Å². The lowest BCUT2D eigenvalue weighted by molar-refractivity contribution is -0.153. The first-order chi connectivity index (χ1) is 7.38. The van der Waals surface area contributed by atoms with Crippen LogP contribution in [0.1, 0.15) is 19.4 Å². The fourth-order valence-corrected chi connectivity index (χ4v) is 0.829. The molecule has 1 aromatic rings. The molecule has 1 rings (SSSR count). The van der Waals surface area contributed by atoms with Crippen LogP contribution < -0.4 is 4.74 Å². The summed E-state index contributed by atoms with van der Waals surface area (Å²) in [6, 6.07) is 3.59. The maximum atomic E-state index is 12.8. The van der Waals surface area contributed by atoms with Crippen molar-refractivity contribution in [1.29, 1.82) is 0 Å². The lowest BCUT2D eigenvalue weighted by Gasteiger charge is -2.09. The molecule has 16 heavy (non-hydrogen) atoms. The van der Waals surface area contributed by atoms with Gasteiger partial charge in [-0.05, 0) is 18.6 Å². The summed E-state index contributed by atoms with van der Waals surface area (Å²) < 4.78 is 52.3. The molecule has 0 aromatic heterocycles. The van der Waals surface area contributed by atoms with Crippen LogP contribution in [-0.4, -0.2) is 12.8 Å². The second-order valence-electron chi connectivity index (χ2n) is 2.81. The molecule has 0 amide bonds. The van der Waals surface area contributed by atoms with Gasteiger partial charge in [0, 0.05) is 6.07 Å². The first-order valence-corrected chi connectivity index (χ1v) is 4.84. The highest BCUT2D eigenvalue weighted by atomic mass is 19.4. The molecule has 0 radical (unpaired) electrons. The number of ether oxygens (including phenoxy) is 1. The van der Waals surface area contributed by atoms with Crippen molar-refractivity contribution in [3.63, 3.8) is 0 Å². The van der Waals surface area contributed by atoms with Crippen molar-refractivity contribution in [3.8, 4) is 5.75 Å². The smallest absolute Gasteiger partial charge is 0.422 e. The Hall–Kier alpha value is -1.26. The Balaban J connectivity index is 0.00000106. The zero-order chi connectivity index (χ0) is 12.8. The van der Waals surface area contributed by atoms with E-state index in [1.165, 1.54) is 19.1 Å². The quantitative estimate of drug-likeness (QED) is 0.705. The van der Waals surface area contributed by atoms with Gasteiger partial charge in [0.2, 0.25) is 0 Å². The van der Waals surface area contributed by atoms with Crippen molar-refractivity contribution in [2.45, 2.75) is 26.9 Å². The van der Waals surface area contributed by atoms with E-state index in [1.807, 2.05) is 13.8 Å². The van der Waals surface area contributed by atoms with Gasteiger partial charge in [0.05, 0.1) is 0 Å².